The van der Waals surface area contributed by atoms with Crippen LogP contribution in [0.2, 0.25) is 0 Å². The van der Waals surface area contributed by atoms with Gasteiger partial charge in [-0.05, 0) is 56.4 Å². The molecular weight excluding hydrogens is 404 g/mol. The molecular formula is C21H26N4O2S2. The highest BCUT2D eigenvalue weighted by molar-refractivity contribution is 7.99. The summed E-state index contributed by atoms with van der Waals surface area (Å²) in [7, 11) is 0. The fraction of sp³-hybridized carbons (Fsp3) is 0.571. The van der Waals surface area contributed by atoms with Crippen LogP contribution in [0.15, 0.2) is 14.7 Å². The molecule has 8 heteroatoms. The molecule has 0 amide bonds. The van der Waals surface area contributed by atoms with Gasteiger partial charge in [-0.1, -0.05) is 6.92 Å². The lowest BCUT2D eigenvalue weighted by molar-refractivity contribution is 0.0330. The van der Waals surface area contributed by atoms with E-state index >= 15 is 0 Å². The molecule has 6 nitrogen and oxygen atoms in total. The van der Waals surface area contributed by atoms with Crippen molar-refractivity contribution in [2.45, 2.75) is 56.8 Å². The van der Waals surface area contributed by atoms with Gasteiger partial charge in [-0.3, -0.25) is 4.90 Å². The van der Waals surface area contributed by atoms with Crippen LogP contribution in [-0.2, 0) is 24.1 Å². The van der Waals surface area contributed by atoms with Crippen molar-refractivity contribution >= 4 is 33.3 Å². The van der Waals surface area contributed by atoms with Gasteiger partial charge < -0.3 is 9.15 Å². The van der Waals surface area contributed by atoms with Crippen LogP contribution in [0.1, 0.15) is 41.1 Å². The van der Waals surface area contributed by atoms with Gasteiger partial charge in [0.2, 0.25) is 0 Å². The van der Waals surface area contributed by atoms with E-state index in [0.29, 0.717) is 5.22 Å². The zero-order valence-electron chi connectivity index (χ0n) is 17.2. The Kier molecular flexibility index (Phi) is 5.36. The molecule has 1 saturated heterocycles. The van der Waals surface area contributed by atoms with Crippen LogP contribution in [0.25, 0.3) is 10.2 Å². The Hall–Kier alpha value is -1.48. The molecule has 2 aliphatic rings. The van der Waals surface area contributed by atoms with E-state index in [0.717, 1.165) is 78.7 Å². The van der Waals surface area contributed by atoms with Gasteiger partial charge in [0.25, 0.3) is 5.22 Å². The quantitative estimate of drug-likeness (QED) is 0.568. The minimum atomic E-state index is 0.668. The highest BCUT2D eigenvalue weighted by atomic mass is 32.2. The van der Waals surface area contributed by atoms with E-state index in [1.165, 1.54) is 22.2 Å². The van der Waals surface area contributed by atoms with Crippen LogP contribution in [0.4, 0.5) is 0 Å². The Morgan fingerprint density at radius 2 is 2.00 bits per heavy atom. The molecule has 1 atom stereocenters. The summed E-state index contributed by atoms with van der Waals surface area (Å²) in [4.78, 5) is 19.5. The molecule has 0 N–H and O–H groups in total. The van der Waals surface area contributed by atoms with E-state index in [2.05, 4.69) is 16.8 Å². The highest BCUT2D eigenvalue weighted by Crippen LogP contribution is 2.42. The van der Waals surface area contributed by atoms with Crippen molar-refractivity contribution in [2.24, 2.45) is 5.92 Å². The summed E-state index contributed by atoms with van der Waals surface area (Å²) in [5, 5.41) is 2.88. The molecule has 1 aliphatic carbocycles. The molecule has 29 heavy (non-hydrogen) atoms. The average molecular weight is 431 g/mol. The minimum Gasteiger partial charge on any atom is -0.436 e. The van der Waals surface area contributed by atoms with Crippen LogP contribution < -0.4 is 0 Å². The minimum absolute atomic E-state index is 0.668. The largest absolute Gasteiger partial charge is 0.436 e. The summed E-state index contributed by atoms with van der Waals surface area (Å²) in [6.45, 7) is 10.5. The molecule has 154 valence electrons. The SMILES string of the molecule is Cc1nc(Sc2nc(CN3CCOCC3)nc3sc4c(c23)CC[C@@H](C)C4)oc1C. The molecule has 0 radical (unpaired) electrons. The third kappa shape index (κ3) is 3.95. The Morgan fingerprint density at radius 1 is 1.17 bits per heavy atom. The van der Waals surface area contributed by atoms with Crippen LogP contribution >= 0.6 is 23.1 Å². The van der Waals surface area contributed by atoms with Gasteiger partial charge in [0, 0.05) is 23.4 Å². The number of nitrogens with zero attached hydrogens (tertiary/aromatic N) is 4. The Labute approximate surface area is 179 Å². The first-order valence-corrected chi connectivity index (χ1v) is 11.9. The van der Waals surface area contributed by atoms with E-state index in [1.807, 2.05) is 25.2 Å². The van der Waals surface area contributed by atoms with Gasteiger partial charge in [0.05, 0.1) is 25.5 Å². The summed E-state index contributed by atoms with van der Waals surface area (Å²) in [5.41, 5.74) is 2.39. The molecule has 1 aliphatic heterocycles. The van der Waals surface area contributed by atoms with Crippen molar-refractivity contribution in [2.75, 3.05) is 26.3 Å². The van der Waals surface area contributed by atoms with Crippen LogP contribution in [0.3, 0.4) is 0 Å². The second-order valence-corrected chi connectivity index (χ2v) is 10.1. The lowest BCUT2D eigenvalue weighted by atomic mass is 9.89. The normalized spacial score (nSPS) is 20.3. The number of aromatic nitrogens is 3. The Morgan fingerprint density at radius 3 is 2.76 bits per heavy atom. The first-order valence-electron chi connectivity index (χ1n) is 10.3. The Bertz CT molecular complexity index is 1020. The second kappa shape index (κ2) is 7.98. The topological polar surface area (TPSA) is 64.3 Å². The van der Waals surface area contributed by atoms with Crippen molar-refractivity contribution in [3.63, 3.8) is 0 Å². The van der Waals surface area contributed by atoms with E-state index < -0.39 is 0 Å². The molecule has 0 unspecified atom stereocenters. The lowest BCUT2D eigenvalue weighted by Gasteiger charge is -2.25. The Balaban J connectivity index is 1.56. The van der Waals surface area contributed by atoms with Gasteiger partial charge in [-0.2, -0.15) is 0 Å². The maximum atomic E-state index is 5.86. The monoisotopic (exact) mass is 430 g/mol. The predicted molar refractivity (Wildman–Crippen MR) is 115 cm³/mol. The van der Waals surface area contributed by atoms with E-state index in [4.69, 9.17) is 19.1 Å². The number of hydrogen-bond donors (Lipinski definition) is 0. The number of rotatable bonds is 4. The summed E-state index contributed by atoms with van der Waals surface area (Å²) in [6, 6.07) is 0. The van der Waals surface area contributed by atoms with Crippen LogP contribution in [-0.4, -0.2) is 46.2 Å². The van der Waals surface area contributed by atoms with Crippen molar-refractivity contribution in [1.82, 2.24) is 19.9 Å². The van der Waals surface area contributed by atoms with Gasteiger partial charge in [-0.25, -0.2) is 15.0 Å². The molecule has 3 aromatic rings. The fourth-order valence-electron chi connectivity index (χ4n) is 4.02. The number of ether oxygens (including phenoxy) is 1. The molecule has 5 rings (SSSR count). The highest BCUT2D eigenvalue weighted by Gasteiger charge is 2.25. The standard InChI is InChI=1S/C21H26N4O2S2/c1-12-4-5-15-16(10-12)28-19-18(15)20(29-21-22-13(2)14(3)27-21)24-17(23-19)11-25-6-8-26-9-7-25/h12H,4-11H2,1-3H3/t12-/m1/s1. The summed E-state index contributed by atoms with van der Waals surface area (Å²) in [6.07, 6.45) is 3.49. The first-order chi connectivity index (χ1) is 14.1. The summed E-state index contributed by atoms with van der Waals surface area (Å²) < 4.78 is 11.3. The number of fused-ring (bicyclic) bond motifs is 3. The van der Waals surface area contributed by atoms with Gasteiger partial charge >= 0.3 is 0 Å². The number of hydrogen-bond acceptors (Lipinski definition) is 8. The number of oxazole rings is 1. The van der Waals surface area contributed by atoms with Gasteiger partial charge in [0.15, 0.2) is 0 Å². The number of morpholine rings is 1. The van der Waals surface area contributed by atoms with Gasteiger partial charge in [-0.15, -0.1) is 11.3 Å². The summed E-state index contributed by atoms with van der Waals surface area (Å²) in [5.74, 6) is 2.49. The molecule has 3 aromatic heterocycles. The molecule has 0 aromatic carbocycles. The average Bonchev–Trinajstić information content (AvgIpc) is 3.21. The maximum absolute atomic E-state index is 5.86. The fourth-order valence-corrected chi connectivity index (χ4v) is 6.48. The van der Waals surface area contributed by atoms with Crippen LogP contribution in [0, 0.1) is 19.8 Å². The van der Waals surface area contributed by atoms with E-state index in [-0.39, 0.29) is 0 Å². The molecule has 0 bridgehead atoms. The van der Waals surface area contributed by atoms with Crippen molar-refractivity contribution in [3.8, 4) is 0 Å². The van der Waals surface area contributed by atoms with E-state index in [9.17, 15) is 0 Å². The third-order valence-corrected chi connectivity index (χ3v) is 7.82. The summed E-state index contributed by atoms with van der Waals surface area (Å²) >= 11 is 3.40. The predicted octanol–water partition coefficient (Wildman–Crippen LogP) is 4.40. The zero-order chi connectivity index (χ0) is 20.0. The third-order valence-electron chi connectivity index (χ3n) is 5.83. The number of aryl methyl sites for hydroxylation is 3. The van der Waals surface area contributed by atoms with Crippen molar-refractivity contribution < 1.29 is 9.15 Å². The van der Waals surface area contributed by atoms with E-state index in [1.54, 1.807) is 11.8 Å². The first kappa shape index (κ1) is 19.5. The maximum Gasteiger partial charge on any atom is 0.262 e. The second-order valence-electron chi connectivity index (χ2n) is 8.09. The molecule has 0 saturated carbocycles. The van der Waals surface area contributed by atoms with Gasteiger partial charge in [0.1, 0.15) is 21.4 Å². The van der Waals surface area contributed by atoms with Crippen molar-refractivity contribution in [1.29, 1.82) is 0 Å². The number of thiophene rings is 1. The smallest absolute Gasteiger partial charge is 0.262 e. The molecule has 4 heterocycles. The van der Waals surface area contributed by atoms with Crippen LogP contribution in [0.5, 0.6) is 0 Å². The van der Waals surface area contributed by atoms with Crippen molar-refractivity contribution in [3.05, 3.63) is 27.7 Å². The lowest BCUT2D eigenvalue weighted by Crippen LogP contribution is -2.36. The zero-order valence-corrected chi connectivity index (χ0v) is 18.8. The molecule has 0 spiro atoms. The molecule has 1 fully saturated rings.